The average molecular weight is 487 g/mol. The van der Waals surface area contributed by atoms with Crippen LogP contribution in [-0.4, -0.2) is 22.2 Å². The van der Waals surface area contributed by atoms with Crippen LogP contribution in [0.15, 0.2) is 12.1 Å². The van der Waals surface area contributed by atoms with Crippen molar-refractivity contribution in [3.8, 4) is 11.5 Å². The van der Waals surface area contributed by atoms with Gasteiger partial charge in [0, 0.05) is 24.5 Å². The van der Waals surface area contributed by atoms with Gasteiger partial charge in [0.1, 0.15) is 0 Å². The maximum atomic E-state index is 12.4. The van der Waals surface area contributed by atoms with E-state index in [9.17, 15) is 9.90 Å². The smallest absolute Gasteiger partial charge is 0.311 e. The van der Waals surface area contributed by atoms with E-state index in [1.807, 2.05) is 24.6 Å². The molecule has 2 aromatic rings. The fourth-order valence-electron chi connectivity index (χ4n) is 5.05. The van der Waals surface area contributed by atoms with Gasteiger partial charge in [0.25, 0.3) is 0 Å². The minimum Gasteiger partial charge on any atom is -0.504 e. The summed E-state index contributed by atoms with van der Waals surface area (Å²) in [6.07, 6.45) is 20.5. The molecule has 3 N–H and O–H groups in total. The number of aryl methyl sites for hydroxylation is 1. The summed E-state index contributed by atoms with van der Waals surface area (Å²) in [5.41, 5.74) is 8.78. The average Bonchev–Trinajstić information content (AvgIpc) is 3.09. The predicted octanol–water partition coefficient (Wildman–Crippen LogP) is 7.86. The molecule has 2 rings (SSSR count). The van der Waals surface area contributed by atoms with Crippen LogP contribution >= 0.6 is 0 Å². The summed E-state index contributed by atoms with van der Waals surface area (Å²) in [5, 5.41) is 11.6. The van der Waals surface area contributed by atoms with Crippen LogP contribution in [0.3, 0.4) is 0 Å². The highest BCUT2D eigenvalue weighted by Gasteiger charge is 2.19. The van der Waals surface area contributed by atoms with Crippen LogP contribution < -0.4 is 10.5 Å². The number of hydrogen-bond acceptors (Lipinski definition) is 4. The second-order valence-corrected chi connectivity index (χ2v) is 10.1. The Hall–Kier alpha value is -2.01. The molecule has 5 nitrogen and oxygen atoms in total. The summed E-state index contributed by atoms with van der Waals surface area (Å²) in [6.45, 7) is 4.79. The van der Waals surface area contributed by atoms with Crippen molar-refractivity contribution in [3.05, 3.63) is 23.4 Å². The number of phenols is 1. The minimum absolute atomic E-state index is 0.0412. The van der Waals surface area contributed by atoms with Crippen LogP contribution in [0.2, 0.25) is 0 Å². The minimum atomic E-state index is -0.276. The molecule has 198 valence electrons. The summed E-state index contributed by atoms with van der Waals surface area (Å²) in [5.74, 6) is 0.00851. The molecule has 35 heavy (non-hydrogen) atoms. The third kappa shape index (κ3) is 9.51. The van der Waals surface area contributed by atoms with Crippen LogP contribution in [0.5, 0.6) is 11.5 Å². The third-order valence-corrected chi connectivity index (χ3v) is 7.32. The van der Waals surface area contributed by atoms with Crippen LogP contribution in [-0.2, 0) is 18.3 Å². The molecule has 5 heteroatoms. The Kier molecular flexibility index (Phi) is 13.9. The molecule has 0 saturated carbocycles. The first-order valence-electron chi connectivity index (χ1n) is 14.2. The van der Waals surface area contributed by atoms with Crippen molar-refractivity contribution >= 4 is 16.9 Å². The van der Waals surface area contributed by atoms with E-state index < -0.39 is 0 Å². The molecule has 0 fully saturated rings. The zero-order valence-electron chi connectivity index (χ0n) is 22.7. The van der Waals surface area contributed by atoms with Crippen LogP contribution in [0, 0.1) is 6.92 Å². The van der Waals surface area contributed by atoms with Crippen molar-refractivity contribution in [2.45, 2.75) is 123 Å². The van der Waals surface area contributed by atoms with Crippen molar-refractivity contribution in [1.82, 2.24) is 4.57 Å². The predicted molar refractivity (Wildman–Crippen MR) is 147 cm³/mol. The molecular formula is C30H50N2O3. The number of benzene rings is 1. The molecule has 0 unspecified atom stereocenters. The van der Waals surface area contributed by atoms with Gasteiger partial charge in [0.2, 0.25) is 0 Å². The second-order valence-electron chi connectivity index (χ2n) is 10.1. The van der Waals surface area contributed by atoms with Gasteiger partial charge < -0.3 is 20.1 Å². The maximum Gasteiger partial charge on any atom is 0.311 e. The van der Waals surface area contributed by atoms with Gasteiger partial charge in [-0.3, -0.25) is 4.79 Å². The van der Waals surface area contributed by atoms with Gasteiger partial charge in [-0.25, -0.2) is 0 Å². The van der Waals surface area contributed by atoms with Gasteiger partial charge in [-0.15, -0.1) is 0 Å². The Balaban J connectivity index is 1.58. The molecule has 0 amide bonds. The summed E-state index contributed by atoms with van der Waals surface area (Å²) < 4.78 is 7.57. The highest BCUT2D eigenvalue weighted by molar-refractivity contribution is 5.94. The number of fused-ring (bicyclic) bond motifs is 1. The Labute approximate surface area is 213 Å². The molecule has 0 bridgehead atoms. The maximum absolute atomic E-state index is 12.4. The molecule has 1 aromatic carbocycles. The SMILES string of the molecule is CCCCCCCCCCCCCCCCCC(=O)Oc1ccc2c(c1O)c(CCN)c(C)n2C. The summed E-state index contributed by atoms with van der Waals surface area (Å²) in [4.78, 5) is 12.4. The topological polar surface area (TPSA) is 77.5 Å². The van der Waals surface area contributed by atoms with E-state index in [4.69, 9.17) is 10.5 Å². The lowest BCUT2D eigenvalue weighted by atomic mass is 10.0. The largest absolute Gasteiger partial charge is 0.504 e. The summed E-state index contributed by atoms with van der Waals surface area (Å²) in [6, 6.07) is 3.59. The molecule has 0 atom stereocenters. The third-order valence-electron chi connectivity index (χ3n) is 7.32. The van der Waals surface area contributed by atoms with E-state index in [1.54, 1.807) is 6.07 Å². The monoisotopic (exact) mass is 486 g/mol. The molecule has 0 aliphatic heterocycles. The van der Waals surface area contributed by atoms with Gasteiger partial charge in [-0.1, -0.05) is 96.8 Å². The highest BCUT2D eigenvalue weighted by Crippen LogP contribution is 2.39. The van der Waals surface area contributed by atoms with Crippen molar-refractivity contribution in [2.24, 2.45) is 12.8 Å². The quantitative estimate of drug-likeness (QED) is 0.120. The van der Waals surface area contributed by atoms with E-state index in [0.29, 0.717) is 19.4 Å². The van der Waals surface area contributed by atoms with Crippen LogP contribution in [0.4, 0.5) is 0 Å². The lowest BCUT2D eigenvalue weighted by Crippen LogP contribution is -2.08. The first-order valence-corrected chi connectivity index (χ1v) is 14.2. The fourth-order valence-corrected chi connectivity index (χ4v) is 5.05. The molecule has 0 radical (unpaired) electrons. The number of phenolic OH excluding ortho intramolecular Hbond substituents is 1. The van der Waals surface area contributed by atoms with Gasteiger partial charge in [0.05, 0.1) is 5.52 Å². The molecule has 1 aromatic heterocycles. The Morgan fingerprint density at radius 1 is 0.886 bits per heavy atom. The molecule has 1 heterocycles. The van der Waals surface area contributed by atoms with Gasteiger partial charge in [-0.05, 0) is 44.0 Å². The normalized spacial score (nSPS) is 11.4. The van der Waals surface area contributed by atoms with Crippen molar-refractivity contribution in [3.63, 3.8) is 0 Å². The van der Waals surface area contributed by atoms with Crippen molar-refractivity contribution in [1.29, 1.82) is 0 Å². The number of nitrogens with zero attached hydrogens (tertiary/aromatic N) is 1. The first kappa shape index (κ1) is 29.2. The summed E-state index contributed by atoms with van der Waals surface area (Å²) in [7, 11) is 1.97. The van der Waals surface area contributed by atoms with Crippen LogP contribution in [0.25, 0.3) is 10.9 Å². The van der Waals surface area contributed by atoms with E-state index in [-0.39, 0.29) is 17.5 Å². The van der Waals surface area contributed by atoms with Crippen LogP contribution in [0.1, 0.15) is 121 Å². The number of nitrogens with two attached hydrogens (primary N) is 1. The Bertz CT molecular complexity index is 888. The second kappa shape index (κ2) is 16.6. The van der Waals surface area contributed by atoms with E-state index >= 15 is 0 Å². The Morgan fingerprint density at radius 2 is 1.40 bits per heavy atom. The number of rotatable bonds is 19. The zero-order valence-corrected chi connectivity index (χ0v) is 22.7. The van der Waals surface area contributed by atoms with E-state index in [0.717, 1.165) is 35.0 Å². The zero-order chi connectivity index (χ0) is 25.5. The number of hydrogen-bond donors (Lipinski definition) is 2. The number of aromatic nitrogens is 1. The number of unbranched alkanes of at least 4 members (excludes halogenated alkanes) is 14. The molecule has 0 saturated heterocycles. The molecule has 0 aliphatic rings. The number of carbonyl (C=O) groups is 1. The summed E-state index contributed by atoms with van der Waals surface area (Å²) >= 11 is 0. The van der Waals surface area contributed by atoms with Crippen molar-refractivity contribution < 1.29 is 14.6 Å². The lowest BCUT2D eigenvalue weighted by Gasteiger charge is -2.09. The Morgan fingerprint density at radius 3 is 1.91 bits per heavy atom. The molecule has 0 aliphatic carbocycles. The van der Waals surface area contributed by atoms with E-state index in [1.165, 1.54) is 83.5 Å². The van der Waals surface area contributed by atoms with Gasteiger partial charge >= 0.3 is 5.97 Å². The van der Waals surface area contributed by atoms with Gasteiger partial charge in [-0.2, -0.15) is 0 Å². The number of carbonyl (C=O) groups excluding carboxylic acids is 1. The molecule has 0 spiro atoms. The first-order chi connectivity index (χ1) is 17.0. The van der Waals surface area contributed by atoms with Gasteiger partial charge in [0.15, 0.2) is 11.5 Å². The lowest BCUT2D eigenvalue weighted by molar-refractivity contribution is -0.134. The van der Waals surface area contributed by atoms with Crippen molar-refractivity contribution in [2.75, 3.05) is 6.54 Å². The standard InChI is InChI=1S/C30H50N2O3/c1-4-5-6-7-8-9-10-11-12-13-14-15-16-17-18-19-28(33)35-27-21-20-26-29(30(27)34)25(22-23-31)24(2)32(26)3/h20-21,34H,4-19,22-23,31H2,1-3H3. The van der Waals surface area contributed by atoms with E-state index in [2.05, 4.69) is 6.92 Å². The highest BCUT2D eigenvalue weighted by atomic mass is 16.5. The fraction of sp³-hybridized carbons (Fsp3) is 0.700. The number of esters is 1. The number of ether oxygens (including phenoxy) is 1. The number of aromatic hydroxyl groups is 1. The molecular weight excluding hydrogens is 436 g/mol.